The first-order valence-electron chi connectivity index (χ1n) is 11.8. The van der Waals surface area contributed by atoms with Crippen molar-refractivity contribution < 1.29 is 14.3 Å². The Bertz CT molecular complexity index is 1100. The topological polar surface area (TPSA) is 90.0 Å². The van der Waals surface area contributed by atoms with Gasteiger partial charge < -0.3 is 29.5 Å². The normalized spacial score (nSPS) is 18.0. The van der Waals surface area contributed by atoms with E-state index in [0.29, 0.717) is 48.3 Å². The van der Waals surface area contributed by atoms with Gasteiger partial charge in [0.05, 0.1) is 23.7 Å². The van der Waals surface area contributed by atoms with Crippen LogP contribution in [0.25, 0.3) is 0 Å². The van der Waals surface area contributed by atoms with Gasteiger partial charge in [-0.15, -0.1) is 0 Å². The van der Waals surface area contributed by atoms with Crippen molar-refractivity contribution in [3.8, 4) is 0 Å². The Morgan fingerprint density at radius 2 is 2.06 bits per heavy atom. The summed E-state index contributed by atoms with van der Waals surface area (Å²) in [6.07, 6.45) is 1.99. The number of likely N-dealkylation sites (N-methyl/N-ethyl adjacent to an activating group) is 1. The Balaban J connectivity index is 1.44. The summed E-state index contributed by atoms with van der Waals surface area (Å²) in [6, 6.07) is 7.04. The van der Waals surface area contributed by atoms with Crippen LogP contribution in [0.1, 0.15) is 16.8 Å². The lowest BCUT2D eigenvalue weighted by molar-refractivity contribution is -0.133. The molecule has 2 aliphatic rings. The van der Waals surface area contributed by atoms with Gasteiger partial charge in [0.15, 0.2) is 6.10 Å². The highest BCUT2D eigenvalue weighted by molar-refractivity contribution is 8.00. The predicted molar refractivity (Wildman–Crippen MR) is 147 cm³/mol. The fraction of sp³-hybridized carbons (Fsp3) is 0.458. The van der Waals surface area contributed by atoms with Gasteiger partial charge in [0.1, 0.15) is 5.82 Å². The summed E-state index contributed by atoms with van der Waals surface area (Å²) in [6.45, 7) is 3.57. The third kappa shape index (κ3) is 6.95. The van der Waals surface area contributed by atoms with Gasteiger partial charge in [0, 0.05) is 54.5 Å². The second kappa shape index (κ2) is 12.3. The number of carbonyl (C=O) groups is 2. The molecule has 1 unspecified atom stereocenters. The number of pyridine rings is 1. The molecule has 0 spiro atoms. The Morgan fingerprint density at radius 3 is 2.81 bits per heavy atom. The number of nitrogens with zero attached hydrogens (tertiary/aromatic N) is 4. The van der Waals surface area contributed by atoms with Crippen molar-refractivity contribution in [3.63, 3.8) is 0 Å². The van der Waals surface area contributed by atoms with Crippen LogP contribution >= 0.6 is 35.1 Å². The van der Waals surface area contributed by atoms with Gasteiger partial charge >= 0.3 is 0 Å². The zero-order valence-corrected chi connectivity index (χ0v) is 22.6. The first-order valence-corrected chi connectivity index (χ1v) is 13.5. The molecule has 2 saturated heterocycles. The minimum Gasteiger partial charge on any atom is -0.366 e. The molecule has 9 nitrogen and oxygen atoms in total. The van der Waals surface area contributed by atoms with E-state index in [9.17, 15) is 9.59 Å². The van der Waals surface area contributed by atoms with Gasteiger partial charge in [-0.3, -0.25) is 9.59 Å². The zero-order chi connectivity index (χ0) is 25.7. The molecule has 2 fully saturated rings. The van der Waals surface area contributed by atoms with Crippen molar-refractivity contribution >= 4 is 64.2 Å². The molecule has 2 aliphatic heterocycles. The fourth-order valence-electron chi connectivity index (χ4n) is 3.95. The smallest absolute Gasteiger partial charge is 0.257 e. The molecule has 0 bridgehead atoms. The van der Waals surface area contributed by atoms with Gasteiger partial charge in [-0.2, -0.15) is 0 Å². The van der Waals surface area contributed by atoms with E-state index in [4.69, 9.17) is 27.9 Å². The number of nitrogens with one attached hydrogen (secondary N) is 2. The van der Waals surface area contributed by atoms with E-state index >= 15 is 0 Å². The molecule has 2 aromatic rings. The lowest BCUT2D eigenvalue weighted by atomic mass is 10.2. The molecule has 2 N–H and O–H groups in total. The van der Waals surface area contributed by atoms with E-state index in [2.05, 4.69) is 19.9 Å². The number of ether oxygens (including phenoxy) is 1. The van der Waals surface area contributed by atoms with Crippen molar-refractivity contribution in [1.29, 1.82) is 0 Å². The average molecular weight is 554 g/mol. The van der Waals surface area contributed by atoms with Crippen LogP contribution in [0.4, 0.5) is 17.2 Å². The van der Waals surface area contributed by atoms with Crippen molar-refractivity contribution in [1.82, 2.24) is 15.2 Å². The number of rotatable bonds is 8. The first-order chi connectivity index (χ1) is 17.3. The number of benzene rings is 1. The molecular weight excluding hydrogens is 523 g/mol. The summed E-state index contributed by atoms with van der Waals surface area (Å²) in [7, 11) is 3.91. The van der Waals surface area contributed by atoms with Crippen molar-refractivity contribution in [3.05, 3.63) is 46.1 Å². The van der Waals surface area contributed by atoms with Crippen LogP contribution in [0.3, 0.4) is 0 Å². The molecule has 2 amide bonds. The Kier molecular flexibility index (Phi) is 9.19. The van der Waals surface area contributed by atoms with Crippen molar-refractivity contribution in [2.45, 2.75) is 12.5 Å². The van der Waals surface area contributed by atoms with Crippen molar-refractivity contribution in [2.75, 3.05) is 73.7 Å². The van der Waals surface area contributed by atoms with Crippen LogP contribution < -0.4 is 19.8 Å². The van der Waals surface area contributed by atoms with Crippen LogP contribution in [0, 0.1) is 0 Å². The van der Waals surface area contributed by atoms with E-state index in [1.165, 1.54) is 6.20 Å². The van der Waals surface area contributed by atoms with E-state index < -0.39 is 6.10 Å². The van der Waals surface area contributed by atoms with Crippen LogP contribution in [-0.2, 0) is 9.53 Å². The van der Waals surface area contributed by atoms with Crippen molar-refractivity contribution in [2.24, 2.45) is 0 Å². The lowest BCUT2D eigenvalue weighted by Crippen LogP contribution is -2.50. The molecule has 36 heavy (non-hydrogen) atoms. The van der Waals surface area contributed by atoms with Gasteiger partial charge in [-0.05, 0) is 56.7 Å². The van der Waals surface area contributed by atoms with E-state index in [1.807, 2.05) is 36.0 Å². The van der Waals surface area contributed by atoms with Crippen LogP contribution in [0.15, 0.2) is 30.5 Å². The standard InChI is InChI=1S/C24H30Cl2N6O3S/c1-30(2)6-4-27-24(34)21-15-31(7-8-35-21)18-11-16(25)10-17(12-18)29-23(33)19-13-22(28-14-20(19)26)32-5-3-9-36-32/h10-14,21H,3-9,15H2,1-2H3,(H,27,34)(H,29,33). The summed E-state index contributed by atoms with van der Waals surface area (Å²) in [5.74, 6) is 1.25. The Morgan fingerprint density at radius 1 is 1.22 bits per heavy atom. The summed E-state index contributed by atoms with van der Waals surface area (Å²) in [4.78, 5) is 34.1. The molecular formula is C24H30Cl2N6O3S. The third-order valence-electron chi connectivity index (χ3n) is 5.82. The van der Waals surface area contributed by atoms with E-state index in [-0.39, 0.29) is 16.8 Å². The third-order valence-corrected chi connectivity index (χ3v) is 7.49. The second-order valence-electron chi connectivity index (χ2n) is 8.86. The molecule has 1 aromatic carbocycles. The highest BCUT2D eigenvalue weighted by Gasteiger charge is 2.27. The second-order valence-corrected chi connectivity index (χ2v) is 10.8. The molecule has 1 atom stereocenters. The van der Waals surface area contributed by atoms with Gasteiger partial charge in [-0.25, -0.2) is 4.98 Å². The summed E-state index contributed by atoms with van der Waals surface area (Å²) < 4.78 is 7.77. The highest BCUT2D eigenvalue weighted by Crippen LogP contribution is 2.31. The molecule has 12 heteroatoms. The number of morpholine rings is 1. The molecule has 0 aliphatic carbocycles. The molecule has 1 aromatic heterocycles. The largest absolute Gasteiger partial charge is 0.366 e. The minimum absolute atomic E-state index is 0.142. The number of carbonyl (C=O) groups excluding carboxylic acids is 2. The van der Waals surface area contributed by atoms with Gasteiger partial charge in [0.2, 0.25) is 0 Å². The molecule has 0 radical (unpaired) electrons. The number of hydrogen-bond acceptors (Lipinski definition) is 8. The molecule has 0 saturated carbocycles. The SMILES string of the molecule is CN(C)CCNC(=O)C1CN(c2cc(Cl)cc(NC(=O)c3cc(N4CCCS4)ncc3Cl)c2)CCO1. The number of anilines is 3. The molecule has 3 heterocycles. The fourth-order valence-corrected chi connectivity index (χ4v) is 5.34. The number of amides is 2. The van der Waals surface area contributed by atoms with Gasteiger partial charge in [0.25, 0.3) is 11.8 Å². The Hall–Kier alpha value is -2.24. The quantitative estimate of drug-likeness (QED) is 0.481. The summed E-state index contributed by atoms with van der Waals surface area (Å²) in [5, 5.41) is 6.57. The monoisotopic (exact) mass is 552 g/mol. The predicted octanol–water partition coefficient (Wildman–Crippen LogP) is 3.38. The molecule has 4 rings (SSSR count). The van der Waals surface area contributed by atoms with Crippen LogP contribution in [0.2, 0.25) is 10.0 Å². The summed E-state index contributed by atoms with van der Waals surface area (Å²) >= 11 is 14.4. The average Bonchev–Trinajstić information content (AvgIpc) is 3.39. The summed E-state index contributed by atoms with van der Waals surface area (Å²) in [5.41, 5.74) is 1.67. The van der Waals surface area contributed by atoms with Crippen LogP contribution in [0.5, 0.6) is 0 Å². The zero-order valence-electron chi connectivity index (χ0n) is 20.3. The maximum absolute atomic E-state index is 13.1. The minimum atomic E-state index is -0.588. The van der Waals surface area contributed by atoms with E-state index in [0.717, 1.165) is 31.0 Å². The molecule has 194 valence electrons. The van der Waals surface area contributed by atoms with E-state index in [1.54, 1.807) is 24.1 Å². The highest BCUT2D eigenvalue weighted by atomic mass is 35.5. The maximum Gasteiger partial charge on any atom is 0.257 e. The van der Waals surface area contributed by atoms with Gasteiger partial charge in [-0.1, -0.05) is 23.2 Å². The lowest BCUT2D eigenvalue weighted by Gasteiger charge is -2.34. The maximum atomic E-state index is 13.1. The van der Waals surface area contributed by atoms with Crippen LogP contribution in [-0.4, -0.2) is 87.0 Å². The number of hydrogen-bond donors (Lipinski definition) is 2. The number of aromatic nitrogens is 1. The number of halogens is 2. The Labute approximate surface area is 225 Å². The first kappa shape index (κ1) is 26.8.